The number of benzene rings is 1. The minimum Gasteiger partial charge on any atom is -0.385 e. The minimum atomic E-state index is 0.439. The van der Waals surface area contributed by atoms with Gasteiger partial charge in [0.25, 0.3) is 0 Å². The molecule has 0 saturated heterocycles. The van der Waals surface area contributed by atoms with Crippen molar-refractivity contribution in [2.24, 2.45) is 4.99 Å². The molecule has 1 aromatic carbocycles. The predicted octanol–water partition coefficient (Wildman–Crippen LogP) is 2.33. The molecule has 0 aromatic heterocycles. The second kappa shape index (κ2) is 9.87. The van der Waals surface area contributed by atoms with E-state index in [4.69, 9.17) is 16.3 Å². The summed E-state index contributed by atoms with van der Waals surface area (Å²) in [6.07, 6.45) is 2.18. The number of nitrogens with one attached hydrogen (secondary N) is 2. The van der Waals surface area contributed by atoms with Crippen molar-refractivity contribution in [3.8, 4) is 0 Å². The fourth-order valence-electron chi connectivity index (χ4n) is 2.79. The number of hydrogen-bond acceptors (Lipinski definition) is 3. The highest BCUT2D eigenvalue weighted by Crippen LogP contribution is 2.41. The van der Waals surface area contributed by atoms with E-state index in [0.29, 0.717) is 12.0 Å². The Morgan fingerprint density at radius 1 is 1.42 bits per heavy atom. The van der Waals surface area contributed by atoms with Crippen LogP contribution in [0.15, 0.2) is 29.3 Å². The standard InChI is InChI=1S/C18H29ClN4O/c1-20-18(21-8-10-23(2)9-5-11-24-3)22-17-13-16(17)14-6-4-7-15(19)12-14/h4,6-7,12,16-17H,5,8-11,13H2,1-3H3,(H2,20,21,22). The van der Waals surface area contributed by atoms with Gasteiger partial charge in [0, 0.05) is 57.4 Å². The van der Waals surface area contributed by atoms with Gasteiger partial charge in [-0.05, 0) is 37.6 Å². The zero-order chi connectivity index (χ0) is 17.4. The van der Waals surface area contributed by atoms with Crippen molar-refractivity contribution < 1.29 is 4.74 Å². The number of aliphatic imine (C=N–C) groups is 1. The molecule has 6 heteroatoms. The first-order valence-corrected chi connectivity index (χ1v) is 8.92. The fourth-order valence-corrected chi connectivity index (χ4v) is 2.98. The molecule has 0 spiro atoms. The van der Waals surface area contributed by atoms with E-state index in [-0.39, 0.29) is 0 Å². The molecule has 134 valence electrons. The van der Waals surface area contributed by atoms with Crippen molar-refractivity contribution in [2.45, 2.75) is 24.8 Å². The van der Waals surface area contributed by atoms with Crippen LogP contribution in [0.25, 0.3) is 0 Å². The van der Waals surface area contributed by atoms with Gasteiger partial charge in [-0.15, -0.1) is 0 Å². The van der Waals surface area contributed by atoms with Gasteiger partial charge in [-0.1, -0.05) is 23.7 Å². The maximum Gasteiger partial charge on any atom is 0.191 e. The molecule has 0 heterocycles. The van der Waals surface area contributed by atoms with Crippen molar-refractivity contribution in [3.05, 3.63) is 34.9 Å². The smallest absolute Gasteiger partial charge is 0.191 e. The number of likely N-dealkylation sites (N-methyl/N-ethyl adjacent to an activating group) is 1. The summed E-state index contributed by atoms with van der Waals surface area (Å²) in [7, 11) is 5.68. The first-order chi connectivity index (χ1) is 11.6. The van der Waals surface area contributed by atoms with Crippen molar-refractivity contribution in [1.82, 2.24) is 15.5 Å². The Labute approximate surface area is 150 Å². The van der Waals surface area contributed by atoms with Crippen LogP contribution in [0, 0.1) is 0 Å². The lowest BCUT2D eigenvalue weighted by molar-refractivity contribution is 0.180. The van der Waals surface area contributed by atoms with E-state index in [9.17, 15) is 0 Å². The molecule has 1 aliphatic rings. The number of methoxy groups -OCH3 is 1. The fraction of sp³-hybridized carbons (Fsp3) is 0.611. The third-order valence-corrected chi connectivity index (χ3v) is 4.52. The molecule has 0 radical (unpaired) electrons. The zero-order valence-electron chi connectivity index (χ0n) is 14.9. The van der Waals surface area contributed by atoms with Crippen molar-refractivity contribution in [1.29, 1.82) is 0 Å². The Morgan fingerprint density at radius 2 is 2.25 bits per heavy atom. The summed E-state index contributed by atoms with van der Waals surface area (Å²) in [4.78, 5) is 6.61. The third kappa shape index (κ3) is 6.30. The highest BCUT2D eigenvalue weighted by molar-refractivity contribution is 6.30. The molecule has 2 N–H and O–H groups in total. The number of nitrogens with zero attached hydrogens (tertiary/aromatic N) is 2. The largest absolute Gasteiger partial charge is 0.385 e. The lowest BCUT2D eigenvalue weighted by atomic mass is 10.1. The Hall–Kier alpha value is -1.30. The lowest BCUT2D eigenvalue weighted by Gasteiger charge is -2.18. The lowest BCUT2D eigenvalue weighted by Crippen LogP contribution is -2.42. The first kappa shape index (κ1) is 19.0. The highest BCUT2D eigenvalue weighted by atomic mass is 35.5. The van der Waals surface area contributed by atoms with Crippen molar-refractivity contribution in [3.63, 3.8) is 0 Å². The van der Waals surface area contributed by atoms with E-state index in [1.807, 2.05) is 19.2 Å². The zero-order valence-corrected chi connectivity index (χ0v) is 15.6. The molecule has 5 nitrogen and oxygen atoms in total. The van der Waals surface area contributed by atoms with Gasteiger partial charge >= 0.3 is 0 Å². The van der Waals surface area contributed by atoms with Crippen LogP contribution >= 0.6 is 11.6 Å². The number of guanidine groups is 1. The summed E-state index contributed by atoms with van der Waals surface area (Å²) < 4.78 is 5.08. The molecular formula is C18H29ClN4O. The molecule has 1 aromatic rings. The topological polar surface area (TPSA) is 48.9 Å². The van der Waals surface area contributed by atoms with Gasteiger partial charge < -0.3 is 20.3 Å². The molecule has 0 bridgehead atoms. The summed E-state index contributed by atoms with van der Waals surface area (Å²) in [5, 5.41) is 7.68. The van der Waals surface area contributed by atoms with Gasteiger partial charge in [-0.3, -0.25) is 4.99 Å². The number of halogens is 1. The molecule has 2 atom stereocenters. The van der Waals surface area contributed by atoms with Gasteiger partial charge in [0.1, 0.15) is 0 Å². The Balaban J connectivity index is 1.67. The second-order valence-electron chi connectivity index (χ2n) is 6.30. The van der Waals surface area contributed by atoms with E-state index < -0.39 is 0 Å². The van der Waals surface area contributed by atoms with Gasteiger partial charge in [-0.25, -0.2) is 0 Å². The van der Waals surface area contributed by atoms with E-state index in [1.54, 1.807) is 7.11 Å². The van der Waals surface area contributed by atoms with E-state index >= 15 is 0 Å². The molecule has 2 unspecified atom stereocenters. The number of rotatable bonds is 9. The molecule has 0 aliphatic heterocycles. The first-order valence-electron chi connectivity index (χ1n) is 8.54. The maximum absolute atomic E-state index is 6.07. The third-order valence-electron chi connectivity index (χ3n) is 4.29. The summed E-state index contributed by atoms with van der Waals surface area (Å²) in [6, 6.07) is 8.57. The maximum atomic E-state index is 6.07. The minimum absolute atomic E-state index is 0.439. The Kier molecular flexibility index (Phi) is 7.82. The van der Waals surface area contributed by atoms with Crippen LogP contribution in [-0.2, 0) is 4.74 Å². The average molecular weight is 353 g/mol. The van der Waals surface area contributed by atoms with E-state index in [1.165, 1.54) is 5.56 Å². The Morgan fingerprint density at radius 3 is 2.96 bits per heavy atom. The summed E-state index contributed by atoms with van der Waals surface area (Å²) in [6.45, 7) is 3.71. The second-order valence-corrected chi connectivity index (χ2v) is 6.73. The van der Waals surface area contributed by atoms with Crippen LogP contribution < -0.4 is 10.6 Å². The molecule has 24 heavy (non-hydrogen) atoms. The van der Waals surface area contributed by atoms with Crippen molar-refractivity contribution >= 4 is 17.6 Å². The summed E-state index contributed by atoms with van der Waals surface area (Å²) >= 11 is 6.07. The SMILES string of the molecule is CN=C(NCCN(C)CCCOC)NC1CC1c1cccc(Cl)c1. The van der Waals surface area contributed by atoms with E-state index in [2.05, 4.69) is 39.7 Å². The van der Waals surface area contributed by atoms with Gasteiger partial charge in [0.05, 0.1) is 0 Å². The highest BCUT2D eigenvalue weighted by Gasteiger charge is 2.39. The van der Waals surface area contributed by atoms with Crippen LogP contribution in [0.4, 0.5) is 0 Å². The van der Waals surface area contributed by atoms with Crippen LogP contribution in [-0.4, -0.2) is 64.3 Å². The van der Waals surface area contributed by atoms with Gasteiger partial charge in [-0.2, -0.15) is 0 Å². The quantitative estimate of drug-likeness (QED) is 0.407. The van der Waals surface area contributed by atoms with E-state index in [0.717, 1.165) is 50.1 Å². The van der Waals surface area contributed by atoms with Crippen LogP contribution in [0.1, 0.15) is 24.3 Å². The molecule has 1 saturated carbocycles. The number of hydrogen-bond donors (Lipinski definition) is 2. The summed E-state index contributed by atoms with van der Waals surface area (Å²) in [5.74, 6) is 1.40. The monoisotopic (exact) mass is 352 g/mol. The summed E-state index contributed by atoms with van der Waals surface area (Å²) in [5.41, 5.74) is 1.30. The number of ether oxygens (including phenoxy) is 1. The van der Waals surface area contributed by atoms with Gasteiger partial charge in [0.2, 0.25) is 0 Å². The van der Waals surface area contributed by atoms with Crippen LogP contribution in [0.5, 0.6) is 0 Å². The molecule has 0 amide bonds. The molecule has 1 fully saturated rings. The molecule has 1 aliphatic carbocycles. The van der Waals surface area contributed by atoms with Crippen molar-refractivity contribution in [2.75, 3.05) is 47.4 Å². The predicted molar refractivity (Wildman–Crippen MR) is 101 cm³/mol. The van der Waals surface area contributed by atoms with Crippen LogP contribution in [0.2, 0.25) is 5.02 Å². The average Bonchev–Trinajstić information content (AvgIpc) is 3.33. The Bertz CT molecular complexity index is 538. The van der Waals surface area contributed by atoms with Crippen LogP contribution in [0.3, 0.4) is 0 Å². The van der Waals surface area contributed by atoms with Gasteiger partial charge in [0.15, 0.2) is 5.96 Å². The molecular weight excluding hydrogens is 324 g/mol. The normalized spacial score (nSPS) is 20.3. The molecule has 2 rings (SSSR count).